The van der Waals surface area contributed by atoms with Crippen molar-refractivity contribution in [1.29, 1.82) is 0 Å². The highest BCUT2D eigenvalue weighted by Gasteiger charge is 2.11. The van der Waals surface area contributed by atoms with E-state index in [9.17, 15) is 0 Å². The van der Waals surface area contributed by atoms with Crippen molar-refractivity contribution in [3.63, 3.8) is 0 Å². The first-order valence-corrected chi connectivity index (χ1v) is 14.2. The fourth-order valence-electron chi connectivity index (χ4n) is 6.17. The zero-order valence-corrected chi connectivity index (χ0v) is 22.1. The highest BCUT2D eigenvalue weighted by molar-refractivity contribution is 7.25. The maximum Gasteiger partial charge on any atom is 0.0355 e. The fraction of sp³-hybridized carbons (Fsp3) is 0. The third-order valence-corrected chi connectivity index (χ3v) is 9.05. The van der Waals surface area contributed by atoms with Gasteiger partial charge < -0.3 is 0 Å². The van der Waals surface area contributed by atoms with E-state index in [0.717, 1.165) is 0 Å². The van der Waals surface area contributed by atoms with E-state index in [1.807, 2.05) is 11.3 Å². The van der Waals surface area contributed by atoms with Crippen molar-refractivity contribution in [1.82, 2.24) is 0 Å². The molecule has 0 aliphatic rings. The molecule has 1 heteroatoms. The molecule has 0 fully saturated rings. The van der Waals surface area contributed by atoms with Crippen LogP contribution in [0.15, 0.2) is 146 Å². The van der Waals surface area contributed by atoms with Gasteiger partial charge in [-0.2, -0.15) is 0 Å². The summed E-state index contributed by atoms with van der Waals surface area (Å²) in [5.41, 5.74) is 0. The molecule has 9 rings (SSSR count). The molecule has 0 radical (unpaired) electrons. The molecular formula is C38H24S. The van der Waals surface area contributed by atoms with E-state index in [1.165, 1.54) is 74.0 Å². The molecule has 39 heavy (non-hydrogen) atoms. The number of rotatable bonds is 0. The van der Waals surface area contributed by atoms with Crippen LogP contribution in [-0.4, -0.2) is 0 Å². The Bertz CT molecular complexity index is 2280. The molecule has 1 heterocycles. The summed E-state index contributed by atoms with van der Waals surface area (Å²) in [7, 11) is 0. The molecule has 0 aliphatic heterocycles. The zero-order valence-electron chi connectivity index (χ0n) is 21.3. The lowest BCUT2D eigenvalue weighted by atomic mass is 9.91. The van der Waals surface area contributed by atoms with Crippen molar-refractivity contribution in [2.45, 2.75) is 0 Å². The third kappa shape index (κ3) is 3.51. The minimum absolute atomic E-state index is 1.23. The molecule has 0 unspecified atom stereocenters. The van der Waals surface area contributed by atoms with Gasteiger partial charge in [0.05, 0.1) is 0 Å². The normalized spacial score (nSPS) is 11.6. The predicted octanol–water partition coefficient (Wildman–Crippen LogP) is 11.5. The van der Waals surface area contributed by atoms with Crippen LogP contribution < -0.4 is 0 Å². The average Bonchev–Trinajstić information content (AvgIpc) is 3.35. The van der Waals surface area contributed by atoms with Crippen LogP contribution in [0.1, 0.15) is 0 Å². The van der Waals surface area contributed by atoms with E-state index >= 15 is 0 Å². The topological polar surface area (TPSA) is 0 Å². The highest BCUT2D eigenvalue weighted by Crippen LogP contribution is 2.40. The summed E-state index contributed by atoms with van der Waals surface area (Å²) in [4.78, 5) is 0. The summed E-state index contributed by atoms with van der Waals surface area (Å²) in [6.07, 6.45) is 0. The molecule has 9 aromatic rings. The molecule has 0 atom stereocenters. The van der Waals surface area contributed by atoms with Crippen molar-refractivity contribution in [3.8, 4) is 0 Å². The maximum absolute atomic E-state index is 2.31. The van der Waals surface area contributed by atoms with Crippen molar-refractivity contribution in [2.24, 2.45) is 0 Å². The quantitative estimate of drug-likeness (QED) is 0.177. The van der Waals surface area contributed by atoms with E-state index in [4.69, 9.17) is 0 Å². The van der Waals surface area contributed by atoms with Crippen LogP contribution >= 0.6 is 11.3 Å². The lowest BCUT2D eigenvalue weighted by molar-refractivity contribution is 1.79. The van der Waals surface area contributed by atoms with Gasteiger partial charge >= 0.3 is 0 Å². The smallest absolute Gasteiger partial charge is 0.0355 e. The van der Waals surface area contributed by atoms with Crippen LogP contribution in [0.25, 0.3) is 74.0 Å². The molecule has 0 nitrogen and oxygen atoms in total. The van der Waals surface area contributed by atoms with Gasteiger partial charge in [0.1, 0.15) is 0 Å². The van der Waals surface area contributed by atoms with Crippen LogP contribution in [-0.2, 0) is 0 Å². The van der Waals surface area contributed by atoms with Gasteiger partial charge in [0.25, 0.3) is 0 Å². The summed E-state index contributed by atoms with van der Waals surface area (Å²) in [6.45, 7) is 0. The van der Waals surface area contributed by atoms with Crippen molar-refractivity contribution < 1.29 is 0 Å². The molecule has 0 saturated heterocycles. The summed E-state index contributed by atoms with van der Waals surface area (Å²) in [5, 5.41) is 15.3. The SMILES string of the molecule is c1ccc2c(c1)ccc1sc3ccccc3c1ccc1ccccc1c1c3ccccc3c2c2ccccc21. The van der Waals surface area contributed by atoms with Crippen LogP contribution in [0.3, 0.4) is 0 Å². The molecule has 0 aliphatic carbocycles. The molecule has 1 aromatic heterocycles. The number of thiophene rings is 1. The van der Waals surface area contributed by atoms with E-state index in [0.29, 0.717) is 0 Å². The molecule has 0 spiro atoms. The average molecular weight is 513 g/mol. The summed E-state index contributed by atoms with van der Waals surface area (Å²) < 4.78 is 2.59. The van der Waals surface area contributed by atoms with Crippen LogP contribution in [0.2, 0.25) is 0 Å². The lowest BCUT2D eigenvalue weighted by Gasteiger charge is -2.12. The first kappa shape index (κ1) is 22.3. The van der Waals surface area contributed by atoms with E-state index < -0.39 is 0 Å². The Kier molecular flexibility index (Phi) is 5.11. The molecule has 0 saturated carbocycles. The van der Waals surface area contributed by atoms with Crippen molar-refractivity contribution >= 4 is 85.4 Å². The first-order valence-electron chi connectivity index (χ1n) is 13.4. The maximum atomic E-state index is 2.31. The Hall–Kier alpha value is -4.72. The third-order valence-electron chi connectivity index (χ3n) is 7.90. The van der Waals surface area contributed by atoms with Gasteiger partial charge in [-0.3, -0.25) is 0 Å². The van der Waals surface area contributed by atoms with Crippen molar-refractivity contribution in [2.75, 3.05) is 0 Å². The second-order valence-electron chi connectivity index (χ2n) is 10.1. The van der Waals surface area contributed by atoms with E-state index in [1.54, 1.807) is 0 Å². The molecular weight excluding hydrogens is 488 g/mol. The van der Waals surface area contributed by atoms with Crippen LogP contribution in [0, 0.1) is 0 Å². The summed E-state index contributed by atoms with van der Waals surface area (Å²) in [6, 6.07) is 53.4. The number of fused-ring (bicyclic) bond motifs is 3. The largest absolute Gasteiger partial charge is 0.135 e. The Balaban J connectivity index is 1.77. The van der Waals surface area contributed by atoms with Gasteiger partial charge in [-0.05, 0) is 66.0 Å². The van der Waals surface area contributed by atoms with Crippen LogP contribution in [0.5, 0.6) is 0 Å². The monoisotopic (exact) mass is 512 g/mol. The van der Waals surface area contributed by atoms with Crippen LogP contribution in [0.4, 0.5) is 0 Å². The lowest BCUT2D eigenvalue weighted by Crippen LogP contribution is -1.84. The molecule has 2 bridgehead atoms. The first-order chi connectivity index (χ1) is 19.4. The Labute approximate surface area is 230 Å². The zero-order chi connectivity index (χ0) is 25.8. The molecule has 182 valence electrons. The summed E-state index contributed by atoms with van der Waals surface area (Å²) in [5.74, 6) is 0. The molecule has 8 aromatic carbocycles. The predicted molar refractivity (Wildman–Crippen MR) is 173 cm³/mol. The van der Waals surface area contributed by atoms with Gasteiger partial charge in [0.15, 0.2) is 0 Å². The van der Waals surface area contributed by atoms with Crippen molar-refractivity contribution in [3.05, 3.63) is 146 Å². The Morgan fingerprint density at radius 3 is 1.15 bits per heavy atom. The van der Waals surface area contributed by atoms with Gasteiger partial charge in [-0.1, -0.05) is 133 Å². The highest BCUT2D eigenvalue weighted by atomic mass is 32.1. The minimum atomic E-state index is 1.23. The Morgan fingerprint density at radius 1 is 0.256 bits per heavy atom. The second kappa shape index (κ2) is 8.94. The Morgan fingerprint density at radius 2 is 0.615 bits per heavy atom. The minimum Gasteiger partial charge on any atom is -0.135 e. The van der Waals surface area contributed by atoms with Gasteiger partial charge in [0, 0.05) is 20.2 Å². The second-order valence-corrected chi connectivity index (χ2v) is 11.1. The van der Waals surface area contributed by atoms with Gasteiger partial charge in [-0.15, -0.1) is 11.3 Å². The standard InChI is InChI=1S/C38H24S/c1-3-13-27-25(11-1)21-23-30-29-15-9-10-20-35(29)39-36(30)24-22-26-12-2-4-14-28(26)38-33-18-7-5-16-31(33)37(27)32-17-6-8-19-34(32)38/h1-24H. The summed E-state index contributed by atoms with van der Waals surface area (Å²) >= 11 is 1.86. The van der Waals surface area contributed by atoms with E-state index in [2.05, 4.69) is 146 Å². The number of hydrogen-bond donors (Lipinski definition) is 0. The molecule has 0 amide bonds. The van der Waals surface area contributed by atoms with Gasteiger partial charge in [0.2, 0.25) is 0 Å². The molecule has 0 N–H and O–H groups in total. The number of benzene rings is 6. The van der Waals surface area contributed by atoms with E-state index in [-0.39, 0.29) is 0 Å². The fourth-order valence-corrected chi connectivity index (χ4v) is 7.26. The number of hydrogen-bond acceptors (Lipinski definition) is 1. The van der Waals surface area contributed by atoms with Gasteiger partial charge in [-0.25, -0.2) is 0 Å².